The number of nitrogens with one attached hydrogen (secondary N) is 1. The largest absolute Gasteiger partial charge is 0.456 e. The van der Waals surface area contributed by atoms with E-state index in [0.29, 0.717) is 0 Å². The lowest BCUT2D eigenvalue weighted by atomic mass is 10.0. The van der Waals surface area contributed by atoms with E-state index in [2.05, 4.69) is 23.2 Å². The second kappa shape index (κ2) is 9.18. The fourth-order valence-electron chi connectivity index (χ4n) is 5.61. The Labute approximate surface area is 217 Å². The maximum absolute atomic E-state index is 12.3. The summed E-state index contributed by atoms with van der Waals surface area (Å²) in [6, 6.07) is 20.1. The molecule has 1 aliphatic rings. The molecule has 9 heteroatoms. The normalized spacial score (nSPS) is 21.7. The maximum Gasteiger partial charge on any atom is 0.303 e. The fraction of sp³-hybridized carbons (Fsp3) is 0.276. The summed E-state index contributed by atoms with van der Waals surface area (Å²) in [6.07, 6.45) is -3.99. The molecule has 1 aliphatic heterocycles. The number of nitrogens with zero attached hydrogens (tertiary/aromatic N) is 1. The predicted octanol–water partition coefficient (Wildman–Crippen LogP) is 4.75. The van der Waals surface area contributed by atoms with Crippen LogP contribution in [0.15, 0.2) is 60.7 Å². The van der Waals surface area contributed by atoms with Gasteiger partial charge in [-0.3, -0.25) is 14.4 Å². The lowest BCUT2D eigenvalue weighted by molar-refractivity contribution is -0.238. The van der Waals surface area contributed by atoms with Crippen LogP contribution in [0.3, 0.4) is 0 Å². The Morgan fingerprint density at radius 2 is 1.39 bits per heavy atom. The SMILES string of the molecule is CC(=O)O[C@@H]1[C@@H](OC(C)=O)[C@H](OC(C)=O)CO[C@H]1n1c2ccccc2c2ccc3c4ccccc4[nH]c3c21. The number of aromatic nitrogens is 2. The molecule has 0 aliphatic carbocycles. The Bertz CT molecular complexity index is 1730. The standard InChI is InChI=1S/C29H26N2O7/c1-15(32)36-24-14-35-29(28(38-17(3)34)27(24)37-16(2)33)31-23-11-7-5-9-19(23)21-13-12-20-18-8-4-6-10-22(18)30-25(20)26(21)31/h4-13,24,27-30H,14H2,1-3H3/t24-,27+,28-,29-/m1/s1. The smallest absolute Gasteiger partial charge is 0.303 e. The molecule has 5 aromatic rings. The van der Waals surface area contributed by atoms with Crippen LogP contribution in [0.1, 0.15) is 27.0 Å². The molecule has 0 amide bonds. The summed E-state index contributed by atoms with van der Waals surface area (Å²) in [4.78, 5) is 39.8. The maximum atomic E-state index is 12.3. The molecule has 2 aromatic heterocycles. The van der Waals surface area contributed by atoms with Gasteiger partial charge in [0, 0.05) is 47.8 Å². The van der Waals surface area contributed by atoms with Crippen molar-refractivity contribution in [3.05, 3.63) is 60.7 Å². The summed E-state index contributed by atoms with van der Waals surface area (Å²) < 4.78 is 25.1. The molecule has 0 radical (unpaired) electrons. The number of rotatable bonds is 4. The predicted molar refractivity (Wildman–Crippen MR) is 140 cm³/mol. The van der Waals surface area contributed by atoms with Gasteiger partial charge in [0.25, 0.3) is 0 Å². The second-order valence-corrected chi connectivity index (χ2v) is 9.46. The second-order valence-electron chi connectivity index (χ2n) is 9.46. The van der Waals surface area contributed by atoms with Crippen LogP contribution in [0, 0.1) is 0 Å². The van der Waals surface area contributed by atoms with Crippen molar-refractivity contribution in [2.45, 2.75) is 45.3 Å². The third kappa shape index (κ3) is 3.86. The summed E-state index contributed by atoms with van der Waals surface area (Å²) >= 11 is 0. The first-order chi connectivity index (χ1) is 18.3. The molecule has 9 nitrogen and oxygen atoms in total. The highest BCUT2D eigenvalue weighted by Crippen LogP contribution is 2.42. The summed E-state index contributed by atoms with van der Waals surface area (Å²) in [7, 11) is 0. The Morgan fingerprint density at radius 3 is 2.13 bits per heavy atom. The van der Waals surface area contributed by atoms with Crippen LogP contribution in [0.25, 0.3) is 43.6 Å². The van der Waals surface area contributed by atoms with Crippen LogP contribution in [0.4, 0.5) is 0 Å². The first-order valence-electron chi connectivity index (χ1n) is 12.4. The van der Waals surface area contributed by atoms with E-state index in [0.717, 1.165) is 43.6 Å². The number of hydrogen-bond donors (Lipinski definition) is 1. The van der Waals surface area contributed by atoms with Crippen molar-refractivity contribution in [2.24, 2.45) is 0 Å². The van der Waals surface area contributed by atoms with Crippen molar-refractivity contribution >= 4 is 61.5 Å². The van der Waals surface area contributed by atoms with Gasteiger partial charge in [-0.15, -0.1) is 0 Å². The molecule has 3 heterocycles. The molecule has 6 rings (SSSR count). The number of fused-ring (bicyclic) bond motifs is 7. The number of esters is 3. The topological polar surface area (TPSA) is 109 Å². The first kappa shape index (κ1) is 24.0. The highest BCUT2D eigenvalue weighted by molar-refractivity contribution is 6.22. The molecule has 0 spiro atoms. The molecule has 38 heavy (non-hydrogen) atoms. The third-order valence-corrected chi connectivity index (χ3v) is 6.93. The average Bonchev–Trinajstić information content (AvgIpc) is 3.41. The highest BCUT2D eigenvalue weighted by Gasteiger charge is 2.48. The number of H-pyrrole nitrogens is 1. The van der Waals surface area contributed by atoms with Crippen molar-refractivity contribution in [3.63, 3.8) is 0 Å². The van der Waals surface area contributed by atoms with Gasteiger partial charge in [-0.2, -0.15) is 0 Å². The quantitative estimate of drug-likeness (QED) is 0.272. The molecule has 1 saturated heterocycles. The lowest BCUT2D eigenvalue weighted by Gasteiger charge is -2.41. The van der Waals surface area contributed by atoms with Crippen molar-refractivity contribution in [1.29, 1.82) is 0 Å². The van der Waals surface area contributed by atoms with E-state index < -0.39 is 42.4 Å². The van der Waals surface area contributed by atoms with Crippen LogP contribution < -0.4 is 0 Å². The third-order valence-electron chi connectivity index (χ3n) is 6.93. The van der Waals surface area contributed by atoms with E-state index in [4.69, 9.17) is 18.9 Å². The van der Waals surface area contributed by atoms with Gasteiger partial charge < -0.3 is 28.5 Å². The van der Waals surface area contributed by atoms with Crippen molar-refractivity contribution in [2.75, 3.05) is 6.61 Å². The molecular formula is C29H26N2O7. The Kier molecular flexibility index (Phi) is 5.80. The zero-order chi connectivity index (χ0) is 26.6. The summed E-state index contributed by atoms with van der Waals surface area (Å²) in [6.45, 7) is 3.74. The van der Waals surface area contributed by atoms with Gasteiger partial charge in [0.1, 0.15) is 0 Å². The van der Waals surface area contributed by atoms with E-state index in [-0.39, 0.29) is 6.61 Å². The van der Waals surface area contributed by atoms with E-state index >= 15 is 0 Å². The molecule has 3 aromatic carbocycles. The summed E-state index contributed by atoms with van der Waals surface area (Å²) in [5.41, 5.74) is 3.59. The minimum Gasteiger partial charge on any atom is -0.456 e. The van der Waals surface area contributed by atoms with Gasteiger partial charge in [0.05, 0.1) is 23.2 Å². The van der Waals surface area contributed by atoms with E-state index in [1.54, 1.807) is 0 Å². The van der Waals surface area contributed by atoms with Gasteiger partial charge in [-0.1, -0.05) is 48.5 Å². The number of hydrogen-bond acceptors (Lipinski definition) is 7. The summed E-state index contributed by atoms with van der Waals surface area (Å²) in [5, 5.41) is 4.08. The van der Waals surface area contributed by atoms with Gasteiger partial charge in [-0.05, 0) is 12.1 Å². The van der Waals surface area contributed by atoms with Gasteiger partial charge in [0.15, 0.2) is 24.5 Å². The lowest BCUT2D eigenvalue weighted by Crippen LogP contribution is -2.55. The van der Waals surface area contributed by atoms with Gasteiger partial charge in [-0.25, -0.2) is 0 Å². The fourth-order valence-corrected chi connectivity index (χ4v) is 5.61. The number of benzene rings is 3. The highest BCUT2D eigenvalue weighted by atomic mass is 16.6. The van der Waals surface area contributed by atoms with E-state index in [1.807, 2.05) is 47.0 Å². The Balaban J connectivity index is 1.63. The molecule has 0 unspecified atom stereocenters. The van der Waals surface area contributed by atoms with Crippen LogP contribution >= 0.6 is 0 Å². The van der Waals surface area contributed by atoms with Crippen molar-refractivity contribution in [3.8, 4) is 0 Å². The number of aromatic amines is 1. The number of carbonyl (C=O) groups excluding carboxylic acids is 3. The van der Waals surface area contributed by atoms with Crippen LogP contribution in [-0.2, 0) is 33.3 Å². The molecule has 4 atom stereocenters. The molecular weight excluding hydrogens is 488 g/mol. The zero-order valence-corrected chi connectivity index (χ0v) is 21.1. The number of para-hydroxylation sites is 2. The number of ether oxygens (including phenoxy) is 4. The number of carbonyl (C=O) groups is 3. The minimum absolute atomic E-state index is 0.0589. The van der Waals surface area contributed by atoms with Crippen LogP contribution in [0.5, 0.6) is 0 Å². The van der Waals surface area contributed by atoms with Crippen LogP contribution in [0.2, 0.25) is 0 Å². The van der Waals surface area contributed by atoms with E-state index in [9.17, 15) is 14.4 Å². The molecule has 1 fully saturated rings. The Morgan fingerprint density at radius 1 is 0.763 bits per heavy atom. The van der Waals surface area contributed by atoms with Crippen molar-refractivity contribution in [1.82, 2.24) is 9.55 Å². The monoisotopic (exact) mass is 514 g/mol. The van der Waals surface area contributed by atoms with Crippen molar-refractivity contribution < 1.29 is 33.3 Å². The summed E-state index contributed by atoms with van der Waals surface area (Å²) in [5.74, 6) is -1.74. The Hall–Kier alpha value is -4.37. The molecule has 194 valence electrons. The minimum atomic E-state index is -1.09. The average molecular weight is 515 g/mol. The molecule has 1 N–H and O–H groups in total. The van der Waals surface area contributed by atoms with Crippen LogP contribution in [-0.4, -0.2) is 52.4 Å². The molecule has 0 bridgehead atoms. The first-order valence-corrected chi connectivity index (χ1v) is 12.4. The van der Waals surface area contributed by atoms with Gasteiger partial charge >= 0.3 is 17.9 Å². The zero-order valence-electron chi connectivity index (χ0n) is 21.1. The van der Waals surface area contributed by atoms with E-state index in [1.165, 1.54) is 20.8 Å². The van der Waals surface area contributed by atoms with Gasteiger partial charge in [0.2, 0.25) is 0 Å². The molecule has 0 saturated carbocycles.